The Kier molecular flexibility index (Phi) is 3.87. The number of nitrogens with zero attached hydrogens (tertiary/aromatic N) is 3. The average molecular weight is 266 g/mol. The number of aromatic nitrogens is 2. The zero-order chi connectivity index (χ0) is 13.1. The Morgan fingerprint density at radius 1 is 1.33 bits per heavy atom. The van der Waals surface area contributed by atoms with Crippen molar-refractivity contribution in [3.05, 3.63) is 34.9 Å². The van der Waals surface area contributed by atoms with E-state index >= 15 is 0 Å². The lowest BCUT2D eigenvalue weighted by molar-refractivity contribution is 0.411. The molecule has 0 amide bonds. The molecular formula is C13H16ClN3O. The predicted molar refractivity (Wildman–Crippen MR) is 73.1 cm³/mol. The lowest BCUT2D eigenvalue weighted by Gasteiger charge is -2.25. The Hall–Kier alpha value is -1.55. The molecule has 0 saturated carbocycles. The summed E-state index contributed by atoms with van der Waals surface area (Å²) in [4.78, 5) is 10.1. The fourth-order valence-corrected chi connectivity index (χ4v) is 2.00. The van der Waals surface area contributed by atoms with E-state index in [1.54, 1.807) is 13.3 Å². The summed E-state index contributed by atoms with van der Waals surface area (Å²) < 4.78 is 5.27. The lowest BCUT2D eigenvalue weighted by atomic mass is 10.0. The van der Waals surface area contributed by atoms with Gasteiger partial charge in [-0.2, -0.15) is 4.98 Å². The van der Waals surface area contributed by atoms with Crippen LogP contribution in [0.1, 0.15) is 19.8 Å². The summed E-state index contributed by atoms with van der Waals surface area (Å²) >= 11 is 5.84. The van der Waals surface area contributed by atoms with Gasteiger partial charge in [-0.3, -0.25) is 0 Å². The van der Waals surface area contributed by atoms with E-state index in [2.05, 4.69) is 29.0 Å². The van der Waals surface area contributed by atoms with Crippen molar-refractivity contribution in [2.75, 3.05) is 19.1 Å². The van der Waals surface area contributed by atoms with Gasteiger partial charge in [0.25, 0.3) is 0 Å². The molecule has 2 rings (SSSR count). The van der Waals surface area contributed by atoms with Gasteiger partial charge in [0.15, 0.2) is 11.6 Å². The molecule has 0 atom stereocenters. The molecule has 4 nitrogen and oxygen atoms in total. The van der Waals surface area contributed by atoms with Gasteiger partial charge in [-0.15, -0.1) is 0 Å². The molecule has 1 aliphatic rings. The molecule has 0 aliphatic heterocycles. The zero-order valence-electron chi connectivity index (χ0n) is 10.8. The standard InChI is InChI=1S/C13H16ClN3O/c1-9-4-6-10(7-5-9)17(2)12-11(18-3)8-15-13(14)16-12/h4,6,8H,5,7H2,1-3H3. The number of halogens is 1. The Bertz CT molecular complexity index is 511. The third-order valence-electron chi connectivity index (χ3n) is 3.01. The summed E-state index contributed by atoms with van der Waals surface area (Å²) in [6, 6.07) is 0. The van der Waals surface area contributed by atoms with Gasteiger partial charge < -0.3 is 9.64 Å². The molecule has 0 bridgehead atoms. The second-order valence-corrected chi connectivity index (χ2v) is 4.60. The molecule has 1 aromatic rings. The van der Waals surface area contributed by atoms with E-state index in [-0.39, 0.29) is 5.28 Å². The van der Waals surface area contributed by atoms with Crippen LogP contribution in [0, 0.1) is 0 Å². The highest BCUT2D eigenvalue weighted by atomic mass is 35.5. The third kappa shape index (κ3) is 2.64. The summed E-state index contributed by atoms with van der Waals surface area (Å²) in [7, 11) is 3.56. The molecule has 18 heavy (non-hydrogen) atoms. The molecule has 0 N–H and O–H groups in total. The monoisotopic (exact) mass is 265 g/mol. The number of hydrogen-bond acceptors (Lipinski definition) is 4. The summed E-state index contributed by atoms with van der Waals surface area (Å²) in [5.41, 5.74) is 2.58. The SMILES string of the molecule is COc1cnc(Cl)nc1N(C)C1=CC=C(C)CC1. The zero-order valence-corrected chi connectivity index (χ0v) is 11.5. The maximum Gasteiger partial charge on any atom is 0.224 e. The number of rotatable bonds is 3. The maximum absolute atomic E-state index is 5.84. The Morgan fingerprint density at radius 2 is 2.11 bits per heavy atom. The van der Waals surface area contributed by atoms with E-state index in [1.807, 2.05) is 11.9 Å². The molecule has 0 saturated heterocycles. The van der Waals surface area contributed by atoms with Crippen molar-refractivity contribution < 1.29 is 4.74 Å². The fourth-order valence-electron chi connectivity index (χ4n) is 1.87. The van der Waals surface area contributed by atoms with Crippen LogP contribution in [0.5, 0.6) is 5.75 Å². The molecule has 0 radical (unpaired) electrons. The Labute approximate surface area is 112 Å². The van der Waals surface area contributed by atoms with Gasteiger partial charge in [0.1, 0.15) is 0 Å². The number of ether oxygens (including phenoxy) is 1. The normalized spacial score (nSPS) is 14.9. The van der Waals surface area contributed by atoms with Crippen LogP contribution in [-0.2, 0) is 0 Å². The predicted octanol–water partition coefficient (Wildman–Crippen LogP) is 3.20. The fraction of sp³-hybridized carbons (Fsp3) is 0.385. The molecule has 1 heterocycles. The molecule has 1 aromatic heterocycles. The molecule has 0 fully saturated rings. The van der Waals surface area contributed by atoms with Crippen molar-refractivity contribution in [1.29, 1.82) is 0 Å². The van der Waals surface area contributed by atoms with Crippen LogP contribution in [-0.4, -0.2) is 24.1 Å². The van der Waals surface area contributed by atoms with Gasteiger partial charge in [-0.1, -0.05) is 11.6 Å². The number of methoxy groups -OCH3 is 1. The first-order valence-corrected chi connectivity index (χ1v) is 6.16. The lowest BCUT2D eigenvalue weighted by Crippen LogP contribution is -2.20. The van der Waals surface area contributed by atoms with E-state index in [4.69, 9.17) is 16.3 Å². The van der Waals surface area contributed by atoms with Gasteiger partial charge in [-0.05, 0) is 37.4 Å². The van der Waals surface area contributed by atoms with Gasteiger partial charge in [0.05, 0.1) is 13.3 Å². The molecule has 0 aromatic carbocycles. The molecule has 0 unspecified atom stereocenters. The van der Waals surface area contributed by atoms with E-state index in [0.717, 1.165) is 12.8 Å². The van der Waals surface area contributed by atoms with Crippen molar-refractivity contribution >= 4 is 17.4 Å². The van der Waals surface area contributed by atoms with Crippen molar-refractivity contribution in [3.8, 4) is 5.75 Å². The van der Waals surface area contributed by atoms with E-state index in [1.165, 1.54) is 11.3 Å². The van der Waals surface area contributed by atoms with Crippen molar-refractivity contribution in [1.82, 2.24) is 9.97 Å². The van der Waals surface area contributed by atoms with Crippen LogP contribution in [0.4, 0.5) is 5.82 Å². The van der Waals surface area contributed by atoms with Gasteiger partial charge in [0, 0.05) is 12.7 Å². The van der Waals surface area contributed by atoms with Crippen LogP contribution in [0.3, 0.4) is 0 Å². The van der Waals surface area contributed by atoms with Crippen LogP contribution >= 0.6 is 11.6 Å². The summed E-state index contributed by atoms with van der Waals surface area (Å²) in [6.07, 6.45) is 7.88. The van der Waals surface area contributed by atoms with E-state index in [0.29, 0.717) is 11.6 Å². The molecule has 0 spiro atoms. The minimum Gasteiger partial charge on any atom is -0.491 e. The van der Waals surface area contributed by atoms with Crippen molar-refractivity contribution in [3.63, 3.8) is 0 Å². The van der Waals surface area contributed by atoms with Gasteiger partial charge in [-0.25, -0.2) is 4.98 Å². The van der Waals surface area contributed by atoms with Crippen LogP contribution in [0.15, 0.2) is 29.6 Å². The third-order valence-corrected chi connectivity index (χ3v) is 3.19. The average Bonchev–Trinajstić information content (AvgIpc) is 2.39. The highest BCUT2D eigenvalue weighted by Crippen LogP contribution is 2.30. The highest BCUT2D eigenvalue weighted by molar-refractivity contribution is 6.28. The maximum atomic E-state index is 5.84. The first kappa shape index (κ1) is 12.9. The largest absolute Gasteiger partial charge is 0.491 e. The second-order valence-electron chi connectivity index (χ2n) is 4.26. The molecule has 96 valence electrons. The molecule has 5 heteroatoms. The first-order chi connectivity index (χ1) is 8.61. The van der Waals surface area contributed by atoms with Gasteiger partial charge in [0.2, 0.25) is 5.28 Å². The minimum absolute atomic E-state index is 0.223. The van der Waals surface area contributed by atoms with Gasteiger partial charge >= 0.3 is 0 Å². The quantitative estimate of drug-likeness (QED) is 0.787. The van der Waals surface area contributed by atoms with E-state index in [9.17, 15) is 0 Å². The second kappa shape index (κ2) is 5.40. The Morgan fingerprint density at radius 3 is 2.72 bits per heavy atom. The van der Waals surface area contributed by atoms with Crippen LogP contribution in [0.25, 0.3) is 0 Å². The van der Waals surface area contributed by atoms with Crippen LogP contribution in [0.2, 0.25) is 5.28 Å². The first-order valence-electron chi connectivity index (χ1n) is 5.78. The Balaban J connectivity index is 2.34. The number of anilines is 1. The topological polar surface area (TPSA) is 38.3 Å². The number of hydrogen-bond donors (Lipinski definition) is 0. The van der Waals surface area contributed by atoms with Crippen LogP contribution < -0.4 is 9.64 Å². The molecular weight excluding hydrogens is 250 g/mol. The number of allylic oxidation sites excluding steroid dienone is 4. The summed E-state index contributed by atoms with van der Waals surface area (Å²) in [6.45, 7) is 2.13. The minimum atomic E-state index is 0.223. The van der Waals surface area contributed by atoms with Crippen molar-refractivity contribution in [2.45, 2.75) is 19.8 Å². The van der Waals surface area contributed by atoms with E-state index < -0.39 is 0 Å². The summed E-state index contributed by atoms with van der Waals surface area (Å²) in [5, 5.41) is 0.223. The van der Waals surface area contributed by atoms with Crippen molar-refractivity contribution in [2.24, 2.45) is 0 Å². The molecule has 1 aliphatic carbocycles. The smallest absolute Gasteiger partial charge is 0.224 e. The highest BCUT2D eigenvalue weighted by Gasteiger charge is 2.16. The summed E-state index contributed by atoms with van der Waals surface area (Å²) in [5.74, 6) is 1.31.